The molecule has 27 heavy (non-hydrogen) atoms. The van der Waals surface area contributed by atoms with E-state index in [1.165, 1.54) is 18.4 Å². The normalized spacial score (nSPS) is 19.3. The van der Waals surface area contributed by atoms with E-state index in [1.54, 1.807) is 24.4 Å². The zero-order valence-corrected chi connectivity index (χ0v) is 15.5. The van der Waals surface area contributed by atoms with Crippen molar-refractivity contribution in [2.75, 3.05) is 19.0 Å². The van der Waals surface area contributed by atoms with E-state index in [9.17, 15) is 14.7 Å². The SMILES string of the molecule is COc1cc(NC(=O)C2C(C(C)C)CCN2C(=O)O)ccc1-c1cnco1. The van der Waals surface area contributed by atoms with Crippen molar-refractivity contribution in [3.63, 3.8) is 0 Å². The summed E-state index contributed by atoms with van der Waals surface area (Å²) in [6.07, 6.45) is 2.51. The number of oxazole rings is 1. The Labute approximate surface area is 157 Å². The Morgan fingerprint density at radius 1 is 1.41 bits per heavy atom. The lowest BCUT2D eigenvalue weighted by Crippen LogP contribution is -2.46. The molecule has 2 heterocycles. The summed E-state index contributed by atoms with van der Waals surface area (Å²) in [7, 11) is 1.53. The first kappa shape index (κ1) is 18.8. The first-order valence-corrected chi connectivity index (χ1v) is 8.79. The van der Waals surface area contributed by atoms with Gasteiger partial charge in [-0.3, -0.25) is 9.69 Å². The number of methoxy groups -OCH3 is 1. The number of hydrogen-bond acceptors (Lipinski definition) is 5. The van der Waals surface area contributed by atoms with Gasteiger partial charge in [0.1, 0.15) is 11.8 Å². The number of aromatic nitrogens is 1. The van der Waals surface area contributed by atoms with Crippen molar-refractivity contribution in [1.82, 2.24) is 9.88 Å². The van der Waals surface area contributed by atoms with E-state index in [1.807, 2.05) is 13.8 Å². The van der Waals surface area contributed by atoms with Crippen LogP contribution in [0.5, 0.6) is 5.75 Å². The lowest BCUT2D eigenvalue weighted by atomic mass is 9.88. The first-order chi connectivity index (χ1) is 12.9. The van der Waals surface area contributed by atoms with E-state index in [0.717, 1.165) is 0 Å². The third-order valence-electron chi connectivity index (χ3n) is 4.98. The number of likely N-dealkylation sites (tertiary alicyclic amines) is 1. The van der Waals surface area contributed by atoms with Crippen LogP contribution in [-0.4, -0.2) is 46.7 Å². The molecule has 1 saturated heterocycles. The first-order valence-electron chi connectivity index (χ1n) is 8.79. The fraction of sp³-hybridized carbons (Fsp3) is 0.421. The summed E-state index contributed by atoms with van der Waals surface area (Å²) in [6.45, 7) is 4.38. The van der Waals surface area contributed by atoms with Crippen LogP contribution < -0.4 is 10.1 Å². The van der Waals surface area contributed by atoms with Crippen LogP contribution in [0, 0.1) is 11.8 Å². The Morgan fingerprint density at radius 2 is 2.19 bits per heavy atom. The lowest BCUT2D eigenvalue weighted by Gasteiger charge is -2.27. The second-order valence-electron chi connectivity index (χ2n) is 6.89. The molecule has 1 aliphatic heterocycles. The van der Waals surface area contributed by atoms with Crippen molar-refractivity contribution in [2.45, 2.75) is 26.3 Å². The molecule has 0 spiro atoms. The zero-order valence-electron chi connectivity index (χ0n) is 15.5. The predicted molar refractivity (Wildman–Crippen MR) is 98.6 cm³/mol. The highest BCUT2D eigenvalue weighted by Gasteiger charge is 2.43. The molecule has 0 bridgehead atoms. The largest absolute Gasteiger partial charge is 0.496 e. The summed E-state index contributed by atoms with van der Waals surface area (Å²) in [6, 6.07) is 4.46. The molecule has 8 nitrogen and oxygen atoms in total. The fourth-order valence-corrected chi connectivity index (χ4v) is 3.60. The van der Waals surface area contributed by atoms with Crippen LogP contribution in [-0.2, 0) is 4.79 Å². The van der Waals surface area contributed by atoms with E-state index < -0.39 is 12.1 Å². The smallest absolute Gasteiger partial charge is 0.407 e. The molecule has 2 amide bonds. The number of nitrogens with zero attached hydrogens (tertiary/aromatic N) is 2. The number of ether oxygens (including phenoxy) is 1. The Bertz CT molecular complexity index is 819. The zero-order chi connectivity index (χ0) is 19.6. The number of nitrogens with one attached hydrogen (secondary N) is 1. The second kappa shape index (κ2) is 7.69. The average Bonchev–Trinajstić information content (AvgIpc) is 3.31. The van der Waals surface area contributed by atoms with E-state index in [-0.39, 0.29) is 17.7 Å². The summed E-state index contributed by atoms with van der Waals surface area (Å²) in [4.78, 5) is 29.5. The molecule has 144 valence electrons. The van der Waals surface area contributed by atoms with E-state index >= 15 is 0 Å². The van der Waals surface area contributed by atoms with Crippen molar-refractivity contribution in [2.24, 2.45) is 11.8 Å². The van der Waals surface area contributed by atoms with E-state index in [4.69, 9.17) is 9.15 Å². The fourth-order valence-electron chi connectivity index (χ4n) is 3.60. The Kier molecular flexibility index (Phi) is 5.34. The molecule has 2 unspecified atom stereocenters. The number of carboxylic acid groups (broad SMARTS) is 1. The lowest BCUT2D eigenvalue weighted by molar-refractivity contribution is -0.121. The molecule has 1 aromatic carbocycles. The summed E-state index contributed by atoms with van der Waals surface area (Å²) in [5.41, 5.74) is 1.24. The topological polar surface area (TPSA) is 105 Å². The quantitative estimate of drug-likeness (QED) is 0.833. The third-order valence-corrected chi connectivity index (χ3v) is 4.98. The van der Waals surface area contributed by atoms with Crippen molar-refractivity contribution >= 4 is 17.7 Å². The molecule has 2 aromatic rings. The predicted octanol–water partition coefficient (Wildman–Crippen LogP) is 3.31. The molecule has 8 heteroatoms. The van der Waals surface area contributed by atoms with Gasteiger partial charge in [-0.15, -0.1) is 0 Å². The standard InChI is InChI=1S/C19H23N3O5/c1-11(2)13-6-7-22(19(24)25)17(13)18(23)21-12-4-5-14(15(8-12)26-3)16-9-20-10-27-16/h4-5,8-11,13,17H,6-7H2,1-3H3,(H,21,23)(H,24,25). The molecular weight excluding hydrogens is 350 g/mol. The molecule has 3 rings (SSSR count). The maximum absolute atomic E-state index is 12.9. The summed E-state index contributed by atoms with van der Waals surface area (Å²) < 4.78 is 10.7. The molecule has 2 N–H and O–H groups in total. The van der Waals surface area contributed by atoms with Gasteiger partial charge in [0.2, 0.25) is 5.91 Å². The van der Waals surface area contributed by atoms with Crippen molar-refractivity contribution in [1.29, 1.82) is 0 Å². The number of hydrogen-bond donors (Lipinski definition) is 2. The summed E-state index contributed by atoms with van der Waals surface area (Å²) in [5.74, 6) is 0.928. The van der Waals surface area contributed by atoms with Crippen LogP contribution in [0.4, 0.5) is 10.5 Å². The molecule has 2 atom stereocenters. The van der Waals surface area contributed by atoms with Crippen LogP contribution in [0.1, 0.15) is 20.3 Å². The van der Waals surface area contributed by atoms with Crippen molar-refractivity contribution in [3.05, 3.63) is 30.8 Å². The number of amides is 2. The van der Waals surface area contributed by atoms with Gasteiger partial charge in [0.25, 0.3) is 0 Å². The van der Waals surface area contributed by atoms with Crippen LogP contribution >= 0.6 is 0 Å². The molecule has 0 aliphatic carbocycles. The van der Waals surface area contributed by atoms with Gasteiger partial charge in [-0.05, 0) is 30.4 Å². The van der Waals surface area contributed by atoms with E-state index in [2.05, 4.69) is 10.3 Å². The highest BCUT2D eigenvalue weighted by atomic mass is 16.5. The minimum Gasteiger partial charge on any atom is -0.496 e. The van der Waals surface area contributed by atoms with Gasteiger partial charge < -0.3 is 19.6 Å². The summed E-state index contributed by atoms with van der Waals surface area (Å²) >= 11 is 0. The Balaban J connectivity index is 1.83. The van der Waals surface area contributed by atoms with Gasteiger partial charge in [-0.1, -0.05) is 13.8 Å². The molecule has 1 aliphatic rings. The van der Waals surface area contributed by atoms with Gasteiger partial charge in [-0.2, -0.15) is 0 Å². The molecule has 0 radical (unpaired) electrons. The van der Waals surface area contributed by atoms with Crippen LogP contribution in [0.15, 0.2) is 35.2 Å². The van der Waals surface area contributed by atoms with Gasteiger partial charge in [0, 0.05) is 18.3 Å². The molecular formula is C19H23N3O5. The highest BCUT2D eigenvalue weighted by molar-refractivity contribution is 5.97. The number of carbonyl (C=O) groups is 2. The Morgan fingerprint density at radius 3 is 2.78 bits per heavy atom. The third kappa shape index (κ3) is 3.74. The number of carbonyl (C=O) groups excluding carboxylic acids is 1. The van der Waals surface area contributed by atoms with Crippen LogP contribution in [0.2, 0.25) is 0 Å². The van der Waals surface area contributed by atoms with Gasteiger partial charge in [-0.25, -0.2) is 9.78 Å². The minimum atomic E-state index is -1.07. The Hall–Kier alpha value is -3.03. The van der Waals surface area contributed by atoms with Gasteiger partial charge in [0.15, 0.2) is 12.2 Å². The highest BCUT2D eigenvalue weighted by Crippen LogP contribution is 2.34. The summed E-state index contributed by atoms with van der Waals surface area (Å²) in [5, 5.41) is 12.3. The number of rotatable bonds is 5. The second-order valence-corrected chi connectivity index (χ2v) is 6.89. The minimum absolute atomic E-state index is 0.0172. The van der Waals surface area contributed by atoms with Gasteiger partial charge >= 0.3 is 6.09 Å². The molecule has 1 fully saturated rings. The van der Waals surface area contributed by atoms with Crippen molar-refractivity contribution < 1.29 is 23.8 Å². The molecule has 0 saturated carbocycles. The van der Waals surface area contributed by atoms with Crippen LogP contribution in [0.25, 0.3) is 11.3 Å². The maximum Gasteiger partial charge on any atom is 0.407 e. The number of anilines is 1. The number of benzene rings is 1. The van der Waals surface area contributed by atoms with Crippen LogP contribution in [0.3, 0.4) is 0 Å². The van der Waals surface area contributed by atoms with Gasteiger partial charge in [0.05, 0.1) is 18.9 Å². The van der Waals surface area contributed by atoms with E-state index in [0.29, 0.717) is 35.7 Å². The maximum atomic E-state index is 12.9. The van der Waals surface area contributed by atoms with Crippen molar-refractivity contribution in [3.8, 4) is 17.1 Å². The molecule has 1 aromatic heterocycles. The monoisotopic (exact) mass is 373 g/mol. The average molecular weight is 373 g/mol.